The van der Waals surface area contributed by atoms with Crippen molar-refractivity contribution in [1.29, 1.82) is 0 Å². The summed E-state index contributed by atoms with van der Waals surface area (Å²) in [6.07, 6.45) is 6.49. The summed E-state index contributed by atoms with van der Waals surface area (Å²) in [5.41, 5.74) is 1.47. The zero-order valence-corrected chi connectivity index (χ0v) is 10.1. The molecule has 4 heteroatoms. The van der Waals surface area contributed by atoms with Gasteiger partial charge in [0, 0.05) is 18.3 Å². The van der Waals surface area contributed by atoms with Crippen molar-refractivity contribution in [2.75, 3.05) is 0 Å². The van der Waals surface area contributed by atoms with Crippen LogP contribution >= 0.6 is 11.6 Å². The molecule has 0 aliphatic carbocycles. The Hall–Kier alpha value is -1.87. The van der Waals surface area contributed by atoms with Crippen molar-refractivity contribution in [3.8, 4) is 0 Å². The molecular formula is C13H11ClN2O. The van der Waals surface area contributed by atoms with E-state index in [0.717, 1.165) is 5.56 Å². The van der Waals surface area contributed by atoms with Crippen molar-refractivity contribution >= 4 is 23.5 Å². The van der Waals surface area contributed by atoms with Crippen molar-refractivity contribution in [3.63, 3.8) is 0 Å². The molecule has 0 N–H and O–H groups in total. The van der Waals surface area contributed by atoms with Crippen LogP contribution < -0.4 is 0 Å². The van der Waals surface area contributed by atoms with Gasteiger partial charge in [-0.1, -0.05) is 29.8 Å². The van der Waals surface area contributed by atoms with Gasteiger partial charge in [-0.05, 0) is 23.8 Å². The van der Waals surface area contributed by atoms with E-state index in [0.29, 0.717) is 10.6 Å². The van der Waals surface area contributed by atoms with E-state index in [1.54, 1.807) is 42.3 Å². The van der Waals surface area contributed by atoms with E-state index in [1.165, 1.54) is 6.08 Å². The fraction of sp³-hybridized carbons (Fsp3) is 0.0769. The Morgan fingerprint density at radius 1 is 1.47 bits per heavy atom. The summed E-state index contributed by atoms with van der Waals surface area (Å²) in [6.45, 7) is 0. The van der Waals surface area contributed by atoms with E-state index in [9.17, 15) is 4.79 Å². The smallest absolute Gasteiger partial charge is 0.189 e. The number of allylic oxidation sites excluding steroid dienone is 1. The summed E-state index contributed by atoms with van der Waals surface area (Å²) in [5.74, 6) is -0.0712. The number of nitrogens with zero attached hydrogens (tertiary/aromatic N) is 2. The molecule has 3 nitrogen and oxygen atoms in total. The lowest BCUT2D eigenvalue weighted by Crippen LogP contribution is -1.91. The number of ketones is 1. The molecule has 0 saturated carbocycles. The molecule has 0 spiro atoms. The molecule has 0 saturated heterocycles. The molecule has 86 valence electrons. The fourth-order valence-electron chi connectivity index (χ4n) is 1.43. The first-order valence-electron chi connectivity index (χ1n) is 5.12. The second-order valence-corrected chi connectivity index (χ2v) is 4.09. The van der Waals surface area contributed by atoms with Crippen LogP contribution in [0.2, 0.25) is 5.02 Å². The van der Waals surface area contributed by atoms with Gasteiger partial charge in [0.1, 0.15) is 0 Å². The standard InChI is InChI=1S/C13H11ClN2O/c1-16-9-11(8-15-16)13(17)6-5-10-3-2-4-12(14)7-10/h2-9H,1H3/b6-5+. The van der Waals surface area contributed by atoms with Crippen LogP contribution in [-0.2, 0) is 7.05 Å². The number of aromatic nitrogens is 2. The molecule has 1 heterocycles. The van der Waals surface area contributed by atoms with Crippen molar-refractivity contribution in [2.24, 2.45) is 7.05 Å². The maximum Gasteiger partial charge on any atom is 0.189 e. The minimum absolute atomic E-state index is 0.0712. The van der Waals surface area contributed by atoms with Gasteiger partial charge in [0.05, 0.1) is 11.8 Å². The van der Waals surface area contributed by atoms with Crippen LogP contribution in [0.15, 0.2) is 42.7 Å². The van der Waals surface area contributed by atoms with E-state index < -0.39 is 0 Å². The quantitative estimate of drug-likeness (QED) is 0.617. The zero-order chi connectivity index (χ0) is 12.3. The van der Waals surface area contributed by atoms with E-state index in [4.69, 9.17) is 11.6 Å². The number of carbonyl (C=O) groups excluding carboxylic acids is 1. The van der Waals surface area contributed by atoms with Crippen LogP contribution in [-0.4, -0.2) is 15.6 Å². The van der Waals surface area contributed by atoms with E-state index in [1.807, 2.05) is 12.1 Å². The lowest BCUT2D eigenvalue weighted by Gasteiger charge is -1.93. The monoisotopic (exact) mass is 246 g/mol. The number of aryl methyl sites for hydroxylation is 1. The highest BCUT2D eigenvalue weighted by Crippen LogP contribution is 2.12. The van der Waals surface area contributed by atoms with Crippen LogP contribution in [0.3, 0.4) is 0 Å². The molecule has 0 fully saturated rings. The SMILES string of the molecule is Cn1cc(C(=O)/C=C/c2cccc(Cl)c2)cn1. The van der Waals surface area contributed by atoms with Gasteiger partial charge in [0.25, 0.3) is 0 Å². The number of rotatable bonds is 3. The van der Waals surface area contributed by atoms with Crippen LogP contribution in [0, 0.1) is 0 Å². The molecule has 2 aromatic rings. The maximum absolute atomic E-state index is 11.7. The number of hydrogen-bond donors (Lipinski definition) is 0. The summed E-state index contributed by atoms with van der Waals surface area (Å²) < 4.78 is 1.60. The third-order valence-corrected chi connectivity index (χ3v) is 2.50. The van der Waals surface area contributed by atoms with Crippen molar-refractivity contribution in [3.05, 3.63) is 58.9 Å². The summed E-state index contributed by atoms with van der Waals surface area (Å²) in [5, 5.41) is 4.60. The molecule has 0 aliphatic rings. The van der Waals surface area contributed by atoms with Crippen molar-refractivity contribution in [2.45, 2.75) is 0 Å². The molecule has 17 heavy (non-hydrogen) atoms. The first kappa shape index (κ1) is 11.6. The predicted octanol–water partition coefficient (Wildman–Crippen LogP) is 2.97. The Balaban J connectivity index is 2.13. The summed E-state index contributed by atoms with van der Waals surface area (Å²) >= 11 is 5.85. The highest BCUT2D eigenvalue weighted by molar-refractivity contribution is 6.30. The molecule has 0 amide bonds. The molecule has 1 aromatic heterocycles. The fourth-order valence-corrected chi connectivity index (χ4v) is 1.63. The largest absolute Gasteiger partial charge is 0.289 e. The number of halogens is 1. The molecular weight excluding hydrogens is 236 g/mol. The summed E-state index contributed by atoms with van der Waals surface area (Å²) in [6, 6.07) is 7.33. The molecule has 2 rings (SSSR count). The van der Waals surface area contributed by atoms with Gasteiger partial charge in [0.15, 0.2) is 5.78 Å². The Kier molecular flexibility index (Phi) is 3.40. The Morgan fingerprint density at radius 2 is 2.29 bits per heavy atom. The van der Waals surface area contributed by atoms with Gasteiger partial charge in [0.2, 0.25) is 0 Å². The zero-order valence-electron chi connectivity index (χ0n) is 9.30. The second-order valence-electron chi connectivity index (χ2n) is 3.66. The van der Waals surface area contributed by atoms with E-state index >= 15 is 0 Å². The lowest BCUT2D eigenvalue weighted by atomic mass is 10.1. The third kappa shape index (κ3) is 3.04. The minimum Gasteiger partial charge on any atom is -0.289 e. The van der Waals surface area contributed by atoms with Gasteiger partial charge < -0.3 is 0 Å². The summed E-state index contributed by atoms with van der Waals surface area (Å²) in [7, 11) is 1.78. The van der Waals surface area contributed by atoms with Crippen LogP contribution in [0.5, 0.6) is 0 Å². The van der Waals surface area contributed by atoms with Crippen LogP contribution in [0.4, 0.5) is 0 Å². The Labute approximate surface area is 104 Å². The second kappa shape index (κ2) is 4.97. The molecule has 1 aromatic carbocycles. The molecule has 0 unspecified atom stereocenters. The van der Waals surface area contributed by atoms with Crippen molar-refractivity contribution in [1.82, 2.24) is 9.78 Å². The normalized spacial score (nSPS) is 10.9. The number of benzene rings is 1. The number of carbonyl (C=O) groups is 1. The molecule has 0 aliphatic heterocycles. The van der Waals surface area contributed by atoms with Crippen molar-refractivity contribution < 1.29 is 4.79 Å². The predicted molar refractivity (Wildman–Crippen MR) is 68.0 cm³/mol. The average Bonchev–Trinajstić information content (AvgIpc) is 2.73. The lowest BCUT2D eigenvalue weighted by molar-refractivity contribution is 0.104. The van der Waals surface area contributed by atoms with Crippen LogP contribution in [0.25, 0.3) is 6.08 Å². The highest BCUT2D eigenvalue weighted by Gasteiger charge is 2.03. The Morgan fingerprint density at radius 3 is 2.94 bits per heavy atom. The molecule has 0 bridgehead atoms. The van der Waals surface area contributed by atoms with Crippen LogP contribution in [0.1, 0.15) is 15.9 Å². The topological polar surface area (TPSA) is 34.9 Å². The van der Waals surface area contributed by atoms with Gasteiger partial charge >= 0.3 is 0 Å². The van der Waals surface area contributed by atoms with Gasteiger partial charge in [-0.25, -0.2) is 0 Å². The molecule has 0 radical (unpaired) electrons. The average molecular weight is 247 g/mol. The maximum atomic E-state index is 11.7. The van der Waals surface area contributed by atoms with Gasteiger partial charge in [-0.15, -0.1) is 0 Å². The highest BCUT2D eigenvalue weighted by atomic mass is 35.5. The van der Waals surface area contributed by atoms with E-state index in [-0.39, 0.29) is 5.78 Å². The molecule has 0 atom stereocenters. The Bertz CT molecular complexity index is 572. The summed E-state index contributed by atoms with van der Waals surface area (Å²) in [4.78, 5) is 11.7. The first-order chi connectivity index (χ1) is 8.15. The number of hydrogen-bond acceptors (Lipinski definition) is 2. The minimum atomic E-state index is -0.0712. The van der Waals surface area contributed by atoms with E-state index in [2.05, 4.69) is 5.10 Å². The van der Waals surface area contributed by atoms with Gasteiger partial charge in [-0.3, -0.25) is 9.48 Å². The van der Waals surface area contributed by atoms with Gasteiger partial charge in [-0.2, -0.15) is 5.10 Å². The first-order valence-corrected chi connectivity index (χ1v) is 5.49. The third-order valence-electron chi connectivity index (χ3n) is 2.27.